The molecule has 0 saturated carbocycles. The van der Waals surface area contributed by atoms with Crippen LogP contribution in [0.2, 0.25) is 5.02 Å². The maximum absolute atomic E-state index is 13.0. The van der Waals surface area contributed by atoms with E-state index in [1.165, 1.54) is 12.1 Å². The van der Waals surface area contributed by atoms with E-state index in [0.717, 1.165) is 4.90 Å². The van der Waals surface area contributed by atoms with Crippen LogP contribution in [0.1, 0.15) is 36.6 Å². The van der Waals surface area contributed by atoms with Crippen molar-refractivity contribution in [3.8, 4) is 0 Å². The maximum Gasteiger partial charge on any atom is 0.266 e. The number of imide groups is 1. The van der Waals surface area contributed by atoms with Crippen LogP contribution in [-0.4, -0.2) is 17.6 Å². The van der Waals surface area contributed by atoms with Crippen molar-refractivity contribution in [1.29, 1.82) is 0 Å². The predicted octanol–water partition coefficient (Wildman–Crippen LogP) is 4.37. The lowest BCUT2D eigenvalue weighted by molar-refractivity contribution is 0.0926. The molecule has 3 aromatic carbocycles. The molecule has 0 aliphatic carbocycles. The van der Waals surface area contributed by atoms with Gasteiger partial charge in [-0.05, 0) is 30.3 Å². The minimum atomic E-state index is -0.449. The number of anilines is 1. The molecule has 0 atom stereocenters. The summed E-state index contributed by atoms with van der Waals surface area (Å²) in [5.41, 5.74) is 1.54. The zero-order chi connectivity index (χ0) is 18.3. The third kappa shape index (κ3) is 2.52. The third-order valence-electron chi connectivity index (χ3n) is 4.27. The Morgan fingerprint density at radius 1 is 0.769 bits per heavy atom. The zero-order valence-corrected chi connectivity index (χ0v) is 14.2. The molecule has 1 aliphatic rings. The first kappa shape index (κ1) is 16.2. The van der Waals surface area contributed by atoms with Gasteiger partial charge < -0.3 is 0 Å². The van der Waals surface area contributed by atoms with E-state index in [2.05, 4.69) is 0 Å². The number of amides is 2. The standard InChI is InChI=1S/C21H12ClNO3/c22-14-10-11-18(17(12-14)19(24)13-6-2-1-3-7-13)23-20(25)15-8-4-5-9-16(15)21(23)26/h1-12H. The van der Waals surface area contributed by atoms with Crippen molar-refractivity contribution in [2.45, 2.75) is 0 Å². The van der Waals surface area contributed by atoms with Crippen LogP contribution in [0.25, 0.3) is 0 Å². The van der Waals surface area contributed by atoms with Gasteiger partial charge in [0.2, 0.25) is 0 Å². The highest BCUT2D eigenvalue weighted by molar-refractivity contribution is 6.36. The lowest BCUT2D eigenvalue weighted by Crippen LogP contribution is -2.31. The molecule has 0 fully saturated rings. The van der Waals surface area contributed by atoms with Gasteiger partial charge in [-0.3, -0.25) is 14.4 Å². The first-order valence-corrected chi connectivity index (χ1v) is 8.33. The monoisotopic (exact) mass is 361 g/mol. The Hall–Kier alpha value is -3.24. The summed E-state index contributed by atoms with van der Waals surface area (Å²) < 4.78 is 0. The molecule has 0 radical (unpaired) electrons. The first-order chi connectivity index (χ1) is 12.6. The minimum Gasteiger partial charge on any atom is -0.289 e. The number of hydrogen-bond donors (Lipinski definition) is 0. The largest absolute Gasteiger partial charge is 0.289 e. The van der Waals surface area contributed by atoms with Gasteiger partial charge in [-0.1, -0.05) is 54.1 Å². The molecule has 0 bridgehead atoms. The van der Waals surface area contributed by atoms with E-state index < -0.39 is 11.8 Å². The van der Waals surface area contributed by atoms with Crippen molar-refractivity contribution >= 4 is 34.9 Å². The second-order valence-electron chi connectivity index (χ2n) is 5.85. The van der Waals surface area contributed by atoms with E-state index in [4.69, 9.17) is 11.6 Å². The summed E-state index contributed by atoms with van der Waals surface area (Å²) in [5, 5.41) is 0.352. The fourth-order valence-electron chi connectivity index (χ4n) is 3.04. The summed E-state index contributed by atoms with van der Waals surface area (Å²) in [6.45, 7) is 0. The molecule has 26 heavy (non-hydrogen) atoms. The molecular formula is C21H12ClNO3. The molecule has 4 rings (SSSR count). The molecule has 5 heteroatoms. The molecule has 0 aromatic heterocycles. The number of halogens is 1. The van der Waals surface area contributed by atoms with E-state index in [9.17, 15) is 14.4 Å². The lowest BCUT2D eigenvalue weighted by atomic mass is 10.0. The molecule has 1 aliphatic heterocycles. The maximum atomic E-state index is 13.0. The Morgan fingerprint density at radius 3 is 1.96 bits per heavy atom. The third-order valence-corrected chi connectivity index (χ3v) is 4.51. The average molecular weight is 362 g/mol. The molecule has 3 aromatic rings. The van der Waals surface area contributed by atoms with Crippen LogP contribution in [0.3, 0.4) is 0 Å². The highest BCUT2D eigenvalue weighted by atomic mass is 35.5. The molecule has 2 amide bonds. The van der Waals surface area contributed by atoms with Crippen LogP contribution in [0.5, 0.6) is 0 Å². The first-order valence-electron chi connectivity index (χ1n) is 7.95. The van der Waals surface area contributed by atoms with E-state index in [-0.39, 0.29) is 17.0 Å². The van der Waals surface area contributed by atoms with Gasteiger partial charge in [-0.25, -0.2) is 4.90 Å². The van der Waals surface area contributed by atoms with Gasteiger partial charge in [0.25, 0.3) is 11.8 Å². The summed E-state index contributed by atoms with van der Waals surface area (Å²) in [5.74, 6) is -1.20. The number of benzene rings is 3. The van der Waals surface area contributed by atoms with Crippen LogP contribution in [0.15, 0.2) is 72.8 Å². The summed E-state index contributed by atoms with van der Waals surface area (Å²) in [6.07, 6.45) is 0. The van der Waals surface area contributed by atoms with Crippen molar-refractivity contribution < 1.29 is 14.4 Å². The Balaban J connectivity index is 1.86. The highest BCUT2D eigenvalue weighted by Gasteiger charge is 2.38. The van der Waals surface area contributed by atoms with Crippen molar-refractivity contribution in [3.63, 3.8) is 0 Å². The highest BCUT2D eigenvalue weighted by Crippen LogP contribution is 2.33. The van der Waals surface area contributed by atoms with Gasteiger partial charge in [-0.2, -0.15) is 0 Å². The summed E-state index contributed by atoms with van der Waals surface area (Å²) >= 11 is 6.08. The lowest BCUT2D eigenvalue weighted by Gasteiger charge is -2.18. The Bertz CT molecular complexity index is 1020. The van der Waals surface area contributed by atoms with E-state index in [0.29, 0.717) is 21.7 Å². The molecule has 0 unspecified atom stereocenters. The van der Waals surface area contributed by atoms with Gasteiger partial charge >= 0.3 is 0 Å². The number of nitrogens with zero attached hydrogens (tertiary/aromatic N) is 1. The Morgan fingerprint density at radius 2 is 1.35 bits per heavy atom. The average Bonchev–Trinajstić information content (AvgIpc) is 2.93. The predicted molar refractivity (Wildman–Crippen MR) is 98.9 cm³/mol. The zero-order valence-electron chi connectivity index (χ0n) is 13.5. The van der Waals surface area contributed by atoms with Gasteiger partial charge in [0, 0.05) is 16.1 Å². The summed E-state index contributed by atoms with van der Waals surface area (Å²) in [4.78, 5) is 39.5. The smallest absolute Gasteiger partial charge is 0.266 e. The number of rotatable bonds is 3. The molecule has 126 valence electrons. The van der Waals surface area contributed by atoms with Gasteiger partial charge in [-0.15, -0.1) is 0 Å². The number of carbonyl (C=O) groups excluding carboxylic acids is 3. The summed E-state index contributed by atoms with van der Waals surface area (Å²) in [7, 11) is 0. The van der Waals surface area contributed by atoms with Gasteiger partial charge in [0.05, 0.1) is 16.8 Å². The van der Waals surface area contributed by atoms with E-state index >= 15 is 0 Å². The number of ketones is 1. The van der Waals surface area contributed by atoms with Crippen molar-refractivity contribution in [2.24, 2.45) is 0 Å². The molecule has 0 N–H and O–H groups in total. The molecule has 0 spiro atoms. The Labute approximate surface area is 154 Å². The van der Waals surface area contributed by atoms with Crippen LogP contribution < -0.4 is 4.90 Å². The van der Waals surface area contributed by atoms with Crippen LogP contribution in [0.4, 0.5) is 5.69 Å². The SMILES string of the molecule is O=C(c1ccccc1)c1cc(Cl)ccc1N1C(=O)c2ccccc2C1=O. The van der Waals surface area contributed by atoms with Crippen molar-refractivity contribution in [1.82, 2.24) is 0 Å². The second kappa shape index (κ2) is 6.24. The van der Waals surface area contributed by atoms with Crippen LogP contribution >= 0.6 is 11.6 Å². The topological polar surface area (TPSA) is 54.5 Å². The normalized spacial score (nSPS) is 13.0. The van der Waals surface area contributed by atoms with Crippen LogP contribution in [-0.2, 0) is 0 Å². The number of fused-ring (bicyclic) bond motifs is 1. The van der Waals surface area contributed by atoms with Gasteiger partial charge in [0.15, 0.2) is 5.78 Å². The summed E-state index contributed by atoms with van der Waals surface area (Å²) in [6, 6.07) is 19.8. The van der Waals surface area contributed by atoms with Crippen LogP contribution in [0, 0.1) is 0 Å². The fourth-order valence-corrected chi connectivity index (χ4v) is 3.21. The number of carbonyl (C=O) groups is 3. The number of hydrogen-bond acceptors (Lipinski definition) is 3. The quantitative estimate of drug-likeness (QED) is 0.514. The Kier molecular flexibility index (Phi) is 3.90. The molecule has 4 nitrogen and oxygen atoms in total. The van der Waals surface area contributed by atoms with Gasteiger partial charge in [0.1, 0.15) is 0 Å². The minimum absolute atomic E-state index is 0.207. The van der Waals surface area contributed by atoms with Crippen molar-refractivity contribution in [3.05, 3.63) is 100 Å². The molecule has 1 heterocycles. The molecular weight excluding hydrogens is 350 g/mol. The molecule has 0 saturated heterocycles. The second-order valence-corrected chi connectivity index (χ2v) is 6.28. The van der Waals surface area contributed by atoms with E-state index in [1.54, 1.807) is 60.7 Å². The van der Waals surface area contributed by atoms with E-state index in [1.807, 2.05) is 0 Å². The fraction of sp³-hybridized carbons (Fsp3) is 0. The van der Waals surface area contributed by atoms with Crippen molar-refractivity contribution in [2.75, 3.05) is 4.90 Å².